The average Bonchev–Trinajstić information content (AvgIpc) is 3.12. The number of aromatic nitrogens is 2. The molecule has 0 fully saturated rings. The number of hydrogen-bond donors (Lipinski definition) is 0. The van der Waals surface area contributed by atoms with Crippen molar-refractivity contribution in [2.45, 2.75) is 19.5 Å². The number of alkyl halides is 1. The van der Waals surface area contributed by atoms with Crippen molar-refractivity contribution < 1.29 is 27.9 Å². The molecule has 1 unspecified atom stereocenters. The van der Waals surface area contributed by atoms with Crippen LogP contribution in [0.25, 0.3) is 10.9 Å². The maximum absolute atomic E-state index is 13.3. The van der Waals surface area contributed by atoms with E-state index in [1.807, 2.05) is 0 Å². The summed E-state index contributed by atoms with van der Waals surface area (Å²) >= 11 is 5.99. The molecular formula is C19H16ClFN2O5. The number of carbonyl (C=O) groups excluding carboxylic acids is 2. The van der Waals surface area contributed by atoms with Gasteiger partial charge in [-0.2, -0.15) is 0 Å². The Kier molecular flexibility index (Phi) is 5.89. The van der Waals surface area contributed by atoms with E-state index >= 15 is 0 Å². The van der Waals surface area contributed by atoms with E-state index in [2.05, 4.69) is 9.97 Å². The number of pyridine rings is 1. The van der Waals surface area contributed by atoms with Crippen LogP contribution in [0, 0.1) is 0 Å². The van der Waals surface area contributed by atoms with Gasteiger partial charge in [-0.1, -0.05) is 17.7 Å². The largest absolute Gasteiger partial charge is 0.468 e. The van der Waals surface area contributed by atoms with Gasteiger partial charge >= 0.3 is 11.9 Å². The number of nitrogens with zero attached hydrogens (tertiary/aromatic N) is 2. The van der Waals surface area contributed by atoms with Crippen molar-refractivity contribution in [1.29, 1.82) is 0 Å². The molecule has 0 aliphatic heterocycles. The molecule has 3 aromatic rings. The second-order valence-corrected chi connectivity index (χ2v) is 6.18. The quantitative estimate of drug-likeness (QED) is 0.574. The second-order valence-electron chi connectivity index (χ2n) is 5.74. The van der Waals surface area contributed by atoms with Gasteiger partial charge in [0.05, 0.1) is 24.3 Å². The fraction of sp³-hybridized carbons (Fsp3) is 0.263. The molecule has 0 spiro atoms. The molecule has 0 amide bonds. The molecule has 3 rings (SSSR count). The van der Waals surface area contributed by atoms with E-state index in [0.29, 0.717) is 21.5 Å². The van der Waals surface area contributed by atoms with Gasteiger partial charge in [-0.25, -0.2) is 14.2 Å². The van der Waals surface area contributed by atoms with E-state index in [9.17, 15) is 14.0 Å². The lowest BCUT2D eigenvalue weighted by atomic mass is 9.97. The summed E-state index contributed by atoms with van der Waals surface area (Å²) in [7, 11) is 1.21. The first-order valence-corrected chi connectivity index (χ1v) is 8.72. The third-order valence-electron chi connectivity index (χ3n) is 3.99. The Labute approximate surface area is 164 Å². The summed E-state index contributed by atoms with van der Waals surface area (Å²) in [6.45, 7) is 0.637. The highest BCUT2D eigenvalue weighted by molar-refractivity contribution is 6.31. The van der Waals surface area contributed by atoms with Crippen LogP contribution in [0.5, 0.6) is 0 Å². The van der Waals surface area contributed by atoms with E-state index in [1.54, 1.807) is 31.2 Å². The highest BCUT2D eigenvalue weighted by Gasteiger charge is 2.32. The van der Waals surface area contributed by atoms with Crippen molar-refractivity contribution in [3.05, 3.63) is 58.4 Å². The minimum absolute atomic E-state index is 0.0828. The molecule has 2 heterocycles. The minimum Gasteiger partial charge on any atom is -0.468 e. The molecular weight excluding hydrogens is 391 g/mol. The first kappa shape index (κ1) is 19.8. The Bertz CT molecular complexity index is 1040. The van der Waals surface area contributed by atoms with E-state index in [0.717, 1.165) is 0 Å². The van der Waals surface area contributed by atoms with Crippen LogP contribution in [0.1, 0.15) is 40.5 Å². The minimum atomic E-state index is -1.11. The standard InChI is InChI=1S/C19H16ClFN2O5/c1-3-27-19(25)16-14(8-21)23-17(28-16)15(18(24)26-2)10-4-5-13-11(6-10)7-12(20)9-22-13/h4-7,9,15H,3,8H2,1-2H3. The second kappa shape index (κ2) is 8.35. The number of benzene rings is 1. The van der Waals surface area contributed by atoms with Gasteiger partial charge in [-0.3, -0.25) is 9.78 Å². The van der Waals surface area contributed by atoms with Crippen LogP contribution in [0.15, 0.2) is 34.9 Å². The molecule has 0 aliphatic rings. The van der Waals surface area contributed by atoms with Gasteiger partial charge in [-0.05, 0) is 30.7 Å². The lowest BCUT2D eigenvalue weighted by Gasteiger charge is -2.12. The van der Waals surface area contributed by atoms with Crippen molar-refractivity contribution in [3.63, 3.8) is 0 Å². The summed E-state index contributed by atoms with van der Waals surface area (Å²) in [6.07, 6.45) is 1.51. The Morgan fingerprint density at radius 3 is 2.79 bits per heavy atom. The van der Waals surface area contributed by atoms with Crippen molar-refractivity contribution in [2.75, 3.05) is 13.7 Å². The van der Waals surface area contributed by atoms with Crippen molar-refractivity contribution in [2.24, 2.45) is 0 Å². The van der Waals surface area contributed by atoms with Gasteiger partial charge in [-0.15, -0.1) is 0 Å². The van der Waals surface area contributed by atoms with Crippen LogP contribution in [0.2, 0.25) is 5.02 Å². The van der Waals surface area contributed by atoms with Gasteiger partial charge < -0.3 is 13.9 Å². The summed E-state index contributed by atoms with van der Waals surface area (Å²) in [5.74, 6) is -3.19. The summed E-state index contributed by atoms with van der Waals surface area (Å²) in [5, 5.41) is 1.11. The summed E-state index contributed by atoms with van der Waals surface area (Å²) < 4.78 is 28.5. The van der Waals surface area contributed by atoms with E-state index in [4.69, 9.17) is 25.5 Å². The first-order chi connectivity index (χ1) is 13.5. The normalized spacial score (nSPS) is 12.0. The fourth-order valence-corrected chi connectivity index (χ4v) is 2.91. The van der Waals surface area contributed by atoms with Gasteiger partial charge in [0.15, 0.2) is 5.92 Å². The monoisotopic (exact) mass is 406 g/mol. The van der Waals surface area contributed by atoms with Gasteiger partial charge in [0, 0.05) is 11.6 Å². The van der Waals surface area contributed by atoms with Gasteiger partial charge in [0.2, 0.25) is 11.7 Å². The zero-order valence-corrected chi connectivity index (χ0v) is 15.8. The molecule has 0 radical (unpaired) electrons. The number of fused-ring (bicyclic) bond motifs is 1. The van der Waals surface area contributed by atoms with Crippen molar-refractivity contribution in [3.8, 4) is 0 Å². The topological polar surface area (TPSA) is 91.5 Å². The molecule has 28 heavy (non-hydrogen) atoms. The third-order valence-corrected chi connectivity index (χ3v) is 4.20. The highest BCUT2D eigenvalue weighted by atomic mass is 35.5. The molecule has 0 saturated carbocycles. The van der Waals surface area contributed by atoms with Crippen LogP contribution in [-0.4, -0.2) is 35.6 Å². The van der Waals surface area contributed by atoms with Crippen LogP contribution in [0.4, 0.5) is 4.39 Å². The number of methoxy groups -OCH3 is 1. The number of carbonyl (C=O) groups is 2. The molecule has 1 atom stereocenters. The third kappa shape index (κ3) is 3.82. The molecule has 1 aromatic carbocycles. The lowest BCUT2D eigenvalue weighted by molar-refractivity contribution is -0.141. The summed E-state index contributed by atoms with van der Waals surface area (Å²) in [6, 6.07) is 6.71. The van der Waals surface area contributed by atoms with Gasteiger partial charge in [0.1, 0.15) is 12.4 Å². The Hall–Kier alpha value is -3.00. The molecule has 0 bridgehead atoms. The number of ether oxygens (including phenoxy) is 2. The van der Waals surface area contributed by atoms with E-state index in [1.165, 1.54) is 13.3 Å². The molecule has 146 valence electrons. The van der Waals surface area contributed by atoms with Crippen LogP contribution in [-0.2, 0) is 20.9 Å². The molecule has 0 saturated heterocycles. The summed E-state index contributed by atoms with van der Waals surface area (Å²) in [5.41, 5.74) is 0.888. The number of esters is 2. The average molecular weight is 407 g/mol. The zero-order valence-electron chi connectivity index (χ0n) is 15.1. The Morgan fingerprint density at radius 2 is 2.11 bits per heavy atom. The predicted octanol–water partition coefficient (Wildman–Crippen LogP) is 3.83. The smallest absolute Gasteiger partial charge is 0.376 e. The Morgan fingerprint density at radius 1 is 1.32 bits per heavy atom. The highest BCUT2D eigenvalue weighted by Crippen LogP contribution is 2.30. The van der Waals surface area contributed by atoms with Crippen LogP contribution in [0.3, 0.4) is 0 Å². The molecule has 7 nitrogen and oxygen atoms in total. The molecule has 0 N–H and O–H groups in total. The van der Waals surface area contributed by atoms with Crippen LogP contribution < -0.4 is 0 Å². The predicted molar refractivity (Wildman–Crippen MR) is 97.9 cm³/mol. The van der Waals surface area contributed by atoms with Crippen molar-refractivity contribution >= 4 is 34.4 Å². The molecule has 9 heteroatoms. The molecule has 2 aromatic heterocycles. The molecule has 0 aliphatic carbocycles. The summed E-state index contributed by atoms with van der Waals surface area (Å²) in [4.78, 5) is 32.6. The number of hydrogen-bond acceptors (Lipinski definition) is 7. The number of rotatable bonds is 6. The van der Waals surface area contributed by atoms with Gasteiger partial charge in [0.25, 0.3) is 0 Å². The fourth-order valence-electron chi connectivity index (χ4n) is 2.74. The maximum Gasteiger partial charge on any atom is 0.376 e. The van der Waals surface area contributed by atoms with E-state index in [-0.39, 0.29) is 24.0 Å². The number of halogens is 2. The number of oxazole rings is 1. The first-order valence-electron chi connectivity index (χ1n) is 8.34. The SMILES string of the molecule is CCOC(=O)c1oc(C(C(=O)OC)c2ccc3ncc(Cl)cc3c2)nc1CF. The zero-order chi connectivity index (χ0) is 20.3. The lowest BCUT2D eigenvalue weighted by Crippen LogP contribution is -2.16. The van der Waals surface area contributed by atoms with Crippen LogP contribution >= 0.6 is 11.6 Å². The Balaban J connectivity index is 2.11. The maximum atomic E-state index is 13.3. The van der Waals surface area contributed by atoms with E-state index < -0.39 is 24.5 Å². The van der Waals surface area contributed by atoms with Crippen molar-refractivity contribution in [1.82, 2.24) is 9.97 Å².